The molecule has 0 amide bonds. The molecule has 1 saturated heterocycles. The van der Waals surface area contributed by atoms with Crippen LogP contribution in [0.5, 0.6) is 0 Å². The summed E-state index contributed by atoms with van der Waals surface area (Å²) in [5, 5.41) is 6.34. The molecule has 1 aliphatic rings. The number of hydrogen-bond acceptors (Lipinski definition) is 5. The minimum Gasteiger partial charge on any atom is -0.378 e. The average Bonchev–Trinajstić information content (AvgIpc) is 2.87. The zero-order valence-electron chi connectivity index (χ0n) is 18.9. The number of morpholine rings is 1. The Labute approximate surface area is 193 Å². The van der Waals surface area contributed by atoms with Gasteiger partial charge in [-0.25, -0.2) is 4.68 Å². The normalized spacial score (nSPS) is 14.2. The van der Waals surface area contributed by atoms with E-state index in [0.29, 0.717) is 12.1 Å². The van der Waals surface area contributed by atoms with Gasteiger partial charge >= 0.3 is 0 Å². The molecule has 6 nitrogen and oxygen atoms in total. The first-order valence-corrected chi connectivity index (χ1v) is 11.3. The number of rotatable bonds is 6. The first-order valence-electron chi connectivity index (χ1n) is 11.3. The summed E-state index contributed by atoms with van der Waals surface area (Å²) in [6.45, 7) is 4.56. The van der Waals surface area contributed by atoms with Crippen LogP contribution in [-0.4, -0.2) is 48.0 Å². The number of ether oxygens (including phenoxy) is 1. The summed E-state index contributed by atoms with van der Waals surface area (Å²) in [5.41, 5.74) is 4.19. The SMILES string of the molecule is CN(Cc1ccc(N2CCOCC2)cc1)Cn1nc(-c2ccccc2)c2ccccc2c1=O. The molecule has 33 heavy (non-hydrogen) atoms. The van der Waals surface area contributed by atoms with E-state index in [2.05, 4.69) is 34.1 Å². The van der Waals surface area contributed by atoms with E-state index in [1.165, 1.54) is 11.3 Å². The van der Waals surface area contributed by atoms with Crippen LogP contribution < -0.4 is 10.5 Å². The molecule has 0 N–H and O–H groups in total. The van der Waals surface area contributed by atoms with E-state index in [4.69, 9.17) is 9.84 Å². The quantitative estimate of drug-likeness (QED) is 0.454. The van der Waals surface area contributed by atoms with E-state index in [1.54, 1.807) is 4.68 Å². The van der Waals surface area contributed by atoms with Gasteiger partial charge in [-0.1, -0.05) is 60.7 Å². The Morgan fingerprint density at radius 1 is 0.879 bits per heavy atom. The molecule has 0 aliphatic carbocycles. The minimum absolute atomic E-state index is 0.0696. The summed E-state index contributed by atoms with van der Waals surface area (Å²) in [5.74, 6) is 0. The Bertz CT molecular complexity index is 1280. The number of benzene rings is 3. The highest BCUT2D eigenvalue weighted by Gasteiger charge is 2.14. The number of fused-ring (bicyclic) bond motifs is 1. The summed E-state index contributed by atoms with van der Waals surface area (Å²) >= 11 is 0. The van der Waals surface area contributed by atoms with Crippen LogP contribution in [0, 0.1) is 0 Å². The van der Waals surface area contributed by atoms with Crippen LogP contribution in [0.25, 0.3) is 22.0 Å². The lowest BCUT2D eigenvalue weighted by Crippen LogP contribution is -2.36. The lowest BCUT2D eigenvalue weighted by molar-refractivity contribution is 0.122. The standard InChI is InChI=1S/C27H28N4O2/c1-29(19-21-11-13-23(14-12-21)30-15-17-33-18-16-30)20-31-27(32)25-10-6-5-9-24(25)26(28-31)22-7-3-2-4-8-22/h2-14H,15-20H2,1H3. The summed E-state index contributed by atoms with van der Waals surface area (Å²) < 4.78 is 7.02. The monoisotopic (exact) mass is 440 g/mol. The summed E-state index contributed by atoms with van der Waals surface area (Å²) in [7, 11) is 2.02. The smallest absolute Gasteiger partial charge is 0.275 e. The van der Waals surface area contributed by atoms with Gasteiger partial charge in [-0.3, -0.25) is 9.69 Å². The predicted molar refractivity (Wildman–Crippen MR) is 132 cm³/mol. The van der Waals surface area contributed by atoms with Gasteiger partial charge in [0.2, 0.25) is 0 Å². The summed E-state index contributed by atoms with van der Waals surface area (Å²) in [6, 6.07) is 26.4. The van der Waals surface area contributed by atoms with Gasteiger partial charge in [-0.2, -0.15) is 5.10 Å². The fourth-order valence-corrected chi connectivity index (χ4v) is 4.36. The average molecular weight is 441 g/mol. The summed E-state index contributed by atoms with van der Waals surface area (Å²) in [4.78, 5) is 17.6. The fourth-order valence-electron chi connectivity index (χ4n) is 4.36. The maximum absolute atomic E-state index is 13.2. The molecule has 0 saturated carbocycles. The van der Waals surface area contributed by atoms with Crippen molar-refractivity contribution in [1.29, 1.82) is 0 Å². The molecule has 3 aromatic carbocycles. The molecule has 1 aromatic heterocycles. The second-order valence-corrected chi connectivity index (χ2v) is 8.49. The highest BCUT2D eigenvalue weighted by molar-refractivity contribution is 5.93. The second-order valence-electron chi connectivity index (χ2n) is 8.49. The van der Waals surface area contributed by atoms with Gasteiger partial charge in [0.15, 0.2) is 0 Å². The van der Waals surface area contributed by atoms with Crippen molar-refractivity contribution in [2.24, 2.45) is 0 Å². The second kappa shape index (κ2) is 9.57. The molecule has 0 spiro atoms. The first kappa shape index (κ1) is 21.4. The Kier molecular flexibility index (Phi) is 6.19. The van der Waals surface area contributed by atoms with Crippen LogP contribution in [0.2, 0.25) is 0 Å². The number of aromatic nitrogens is 2. The molecule has 0 radical (unpaired) electrons. The molecule has 1 aliphatic heterocycles. The molecular weight excluding hydrogens is 412 g/mol. The topological polar surface area (TPSA) is 50.6 Å². The molecule has 1 fully saturated rings. The van der Waals surface area contributed by atoms with Crippen molar-refractivity contribution in [3.63, 3.8) is 0 Å². The Morgan fingerprint density at radius 2 is 1.55 bits per heavy atom. The Balaban J connectivity index is 1.37. The highest BCUT2D eigenvalue weighted by atomic mass is 16.5. The molecule has 0 atom stereocenters. The van der Waals surface area contributed by atoms with Crippen molar-refractivity contribution in [1.82, 2.24) is 14.7 Å². The van der Waals surface area contributed by atoms with E-state index >= 15 is 0 Å². The molecular formula is C27H28N4O2. The molecule has 0 bridgehead atoms. The zero-order valence-corrected chi connectivity index (χ0v) is 18.9. The molecule has 4 aromatic rings. The van der Waals surface area contributed by atoms with Crippen LogP contribution in [0.15, 0.2) is 83.7 Å². The van der Waals surface area contributed by atoms with E-state index in [9.17, 15) is 4.79 Å². The van der Waals surface area contributed by atoms with Gasteiger partial charge < -0.3 is 9.64 Å². The fraction of sp³-hybridized carbons (Fsp3) is 0.259. The third-order valence-corrected chi connectivity index (χ3v) is 6.06. The van der Waals surface area contributed by atoms with Crippen LogP contribution in [0.3, 0.4) is 0 Å². The van der Waals surface area contributed by atoms with E-state index in [0.717, 1.165) is 49.5 Å². The zero-order chi connectivity index (χ0) is 22.6. The third-order valence-electron chi connectivity index (χ3n) is 6.06. The lowest BCUT2D eigenvalue weighted by Gasteiger charge is -2.29. The maximum atomic E-state index is 13.2. The largest absolute Gasteiger partial charge is 0.378 e. The molecule has 5 rings (SSSR count). The number of anilines is 1. The Morgan fingerprint density at radius 3 is 2.27 bits per heavy atom. The lowest BCUT2D eigenvalue weighted by atomic mass is 10.1. The molecule has 168 valence electrons. The van der Waals surface area contributed by atoms with Crippen molar-refractivity contribution in [3.05, 3.63) is 94.8 Å². The third kappa shape index (κ3) is 4.67. The van der Waals surface area contributed by atoms with Gasteiger partial charge in [0, 0.05) is 36.3 Å². The van der Waals surface area contributed by atoms with E-state index < -0.39 is 0 Å². The van der Waals surface area contributed by atoms with Gasteiger partial charge in [-0.05, 0) is 30.8 Å². The van der Waals surface area contributed by atoms with Crippen LogP contribution >= 0.6 is 0 Å². The maximum Gasteiger partial charge on any atom is 0.275 e. The number of hydrogen-bond donors (Lipinski definition) is 0. The van der Waals surface area contributed by atoms with Crippen LogP contribution in [0.4, 0.5) is 5.69 Å². The van der Waals surface area contributed by atoms with Gasteiger partial charge in [0.1, 0.15) is 0 Å². The highest BCUT2D eigenvalue weighted by Crippen LogP contribution is 2.24. The first-order chi connectivity index (χ1) is 16.2. The van der Waals surface area contributed by atoms with E-state index in [-0.39, 0.29) is 5.56 Å². The van der Waals surface area contributed by atoms with Crippen LogP contribution in [0.1, 0.15) is 5.56 Å². The van der Waals surface area contributed by atoms with Crippen molar-refractivity contribution in [2.75, 3.05) is 38.3 Å². The van der Waals surface area contributed by atoms with Crippen molar-refractivity contribution in [2.45, 2.75) is 13.2 Å². The number of nitrogens with zero attached hydrogens (tertiary/aromatic N) is 4. The van der Waals surface area contributed by atoms with Gasteiger partial charge in [0.25, 0.3) is 5.56 Å². The Hall–Kier alpha value is -3.48. The van der Waals surface area contributed by atoms with E-state index in [1.807, 2.05) is 61.6 Å². The van der Waals surface area contributed by atoms with Gasteiger partial charge in [0.05, 0.1) is 31.0 Å². The molecule has 0 unspecified atom stereocenters. The molecule has 2 heterocycles. The van der Waals surface area contributed by atoms with Crippen molar-refractivity contribution >= 4 is 16.5 Å². The summed E-state index contributed by atoms with van der Waals surface area (Å²) in [6.07, 6.45) is 0. The molecule has 6 heteroatoms. The minimum atomic E-state index is -0.0696. The predicted octanol–water partition coefficient (Wildman–Crippen LogP) is 3.99. The van der Waals surface area contributed by atoms with Crippen molar-refractivity contribution < 1.29 is 4.74 Å². The van der Waals surface area contributed by atoms with Crippen LogP contribution in [-0.2, 0) is 18.0 Å². The van der Waals surface area contributed by atoms with Gasteiger partial charge in [-0.15, -0.1) is 0 Å². The van der Waals surface area contributed by atoms with Crippen molar-refractivity contribution in [3.8, 4) is 11.3 Å².